The number of hydrogen-bond donors (Lipinski definition) is 3. The van der Waals surface area contributed by atoms with Crippen molar-refractivity contribution < 1.29 is 41.5 Å². The van der Waals surface area contributed by atoms with Crippen molar-refractivity contribution in [1.29, 1.82) is 0 Å². The first-order valence-corrected chi connectivity index (χ1v) is 19.3. The van der Waals surface area contributed by atoms with Crippen LogP contribution in [0, 0.1) is 11.3 Å². The molecule has 2 aliphatic carbocycles. The number of sulfonamides is 1. The zero-order valence-electron chi connectivity index (χ0n) is 30.8. The Labute approximate surface area is 309 Å². The van der Waals surface area contributed by atoms with E-state index in [9.17, 15) is 27.6 Å². The zero-order valence-corrected chi connectivity index (χ0v) is 31.6. The summed E-state index contributed by atoms with van der Waals surface area (Å²) >= 11 is 0. The number of rotatable bonds is 11. The molecular formula is C38H47N5O9S. The van der Waals surface area contributed by atoms with E-state index in [1.807, 2.05) is 30.3 Å². The minimum Gasteiger partial charge on any atom is -0.472 e. The van der Waals surface area contributed by atoms with Gasteiger partial charge in [0.2, 0.25) is 27.7 Å². The molecule has 3 N–H and O–H groups in total. The highest BCUT2D eigenvalue weighted by Crippen LogP contribution is 2.45. The SMILES string of the molecule is C=CC1CC1(NC(=O)C1CC(Oc2nc(-c3ccoc3)cc3ccccc23)CN1C(=O)C(NC(=O)OC(C)(C)C)C(C)(C)C)C(=O)NS(=O)(=O)C1CC1. The van der Waals surface area contributed by atoms with Gasteiger partial charge in [0.1, 0.15) is 29.3 Å². The predicted molar refractivity (Wildman–Crippen MR) is 196 cm³/mol. The number of nitrogens with one attached hydrogen (secondary N) is 3. The Balaban J connectivity index is 1.32. The van der Waals surface area contributed by atoms with Gasteiger partial charge in [-0.2, -0.15) is 0 Å². The van der Waals surface area contributed by atoms with Gasteiger partial charge in [-0.15, -0.1) is 6.58 Å². The largest absolute Gasteiger partial charge is 0.472 e. The molecule has 2 aromatic heterocycles. The van der Waals surface area contributed by atoms with Gasteiger partial charge in [-0.1, -0.05) is 45.0 Å². The van der Waals surface area contributed by atoms with Crippen LogP contribution in [0.15, 0.2) is 66.0 Å². The molecule has 3 aliphatic rings. The topological polar surface area (TPSA) is 186 Å². The molecule has 5 atom stereocenters. The van der Waals surface area contributed by atoms with Gasteiger partial charge >= 0.3 is 6.09 Å². The van der Waals surface area contributed by atoms with Crippen molar-refractivity contribution in [1.82, 2.24) is 25.2 Å². The molecule has 2 saturated carbocycles. The number of furan rings is 1. The summed E-state index contributed by atoms with van der Waals surface area (Å²) in [5, 5.41) is 6.41. The third-order valence-electron chi connectivity index (χ3n) is 9.67. The van der Waals surface area contributed by atoms with E-state index in [2.05, 4.69) is 21.9 Å². The lowest BCUT2D eigenvalue weighted by molar-refractivity contribution is -0.143. The number of aromatic nitrogens is 1. The standard InChI is InChI=1S/C38H47N5O9S/c1-8-24-19-38(24,34(46)42-53(48,49)26-13-14-26)41-31(44)29-18-25(20-43(29)33(45)30(36(2,3)4)40-35(47)52-37(5,6)7)51-32-27-12-10-9-11-22(27)17-28(39-32)23-15-16-50-21-23/h8-12,15-17,21,24-26,29-30H,1,13-14,18-20H2,2-7H3,(H,40,47)(H,41,44)(H,42,46). The van der Waals surface area contributed by atoms with Gasteiger partial charge in [-0.25, -0.2) is 18.2 Å². The second kappa shape index (κ2) is 13.8. The van der Waals surface area contributed by atoms with E-state index in [1.54, 1.807) is 60.1 Å². The van der Waals surface area contributed by atoms with Gasteiger partial charge < -0.3 is 29.4 Å². The lowest BCUT2D eigenvalue weighted by Crippen LogP contribution is -2.60. The number of ether oxygens (including phenoxy) is 2. The van der Waals surface area contributed by atoms with Crippen LogP contribution in [0.2, 0.25) is 0 Å². The lowest BCUT2D eigenvalue weighted by atomic mass is 9.85. The highest BCUT2D eigenvalue weighted by atomic mass is 32.2. The minimum atomic E-state index is -3.91. The fraction of sp³-hybridized carbons (Fsp3) is 0.500. The molecule has 1 aromatic carbocycles. The Kier molecular flexibility index (Phi) is 9.86. The van der Waals surface area contributed by atoms with Gasteiger partial charge in [0.15, 0.2) is 0 Å². The van der Waals surface area contributed by atoms with Crippen LogP contribution in [0.3, 0.4) is 0 Å². The highest BCUT2D eigenvalue weighted by Gasteiger charge is 2.62. The number of amides is 4. The number of likely N-dealkylation sites (tertiary alicyclic amines) is 1. The van der Waals surface area contributed by atoms with Crippen LogP contribution < -0.4 is 20.1 Å². The predicted octanol–water partition coefficient (Wildman–Crippen LogP) is 4.45. The maximum atomic E-state index is 14.6. The van der Waals surface area contributed by atoms with E-state index in [0.717, 1.165) is 10.9 Å². The Morgan fingerprint density at radius 1 is 1.09 bits per heavy atom. The Morgan fingerprint density at radius 2 is 1.81 bits per heavy atom. The van der Waals surface area contributed by atoms with Crippen LogP contribution in [0.4, 0.5) is 4.79 Å². The van der Waals surface area contributed by atoms with Crippen LogP contribution in [0.1, 0.15) is 67.2 Å². The molecule has 3 fully saturated rings. The van der Waals surface area contributed by atoms with Crippen molar-refractivity contribution in [2.24, 2.45) is 11.3 Å². The maximum absolute atomic E-state index is 14.6. The molecule has 14 nitrogen and oxygen atoms in total. The smallest absolute Gasteiger partial charge is 0.408 e. The summed E-state index contributed by atoms with van der Waals surface area (Å²) in [6, 6.07) is 8.91. The Hall–Kier alpha value is -4.92. The molecule has 0 spiro atoms. The number of hydrogen-bond acceptors (Lipinski definition) is 10. The molecule has 15 heteroatoms. The fourth-order valence-electron chi connectivity index (χ4n) is 6.61. The van der Waals surface area contributed by atoms with Crippen molar-refractivity contribution in [3.8, 4) is 17.1 Å². The molecule has 53 heavy (non-hydrogen) atoms. The van der Waals surface area contributed by atoms with E-state index in [-0.39, 0.29) is 25.3 Å². The number of carbonyl (C=O) groups excluding carboxylic acids is 4. The number of fused-ring (bicyclic) bond motifs is 1. The molecule has 0 radical (unpaired) electrons. The molecule has 0 bridgehead atoms. The second-order valence-electron chi connectivity index (χ2n) is 16.2. The molecule has 6 rings (SSSR count). The number of nitrogens with zero attached hydrogens (tertiary/aromatic N) is 2. The summed E-state index contributed by atoms with van der Waals surface area (Å²) in [7, 11) is -3.91. The maximum Gasteiger partial charge on any atom is 0.408 e. The van der Waals surface area contributed by atoms with Crippen LogP contribution in [0.25, 0.3) is 22.0 Å². The van der Waals surface area contributed by atoms with Crippen molar-refractivity contribution in [3.05, 3.63) is 61.6 Å². The minimum absolute atomic E-state index is 0.00362. The van der Waals surface area contributed by atoms with E-state index in [1.165, 1.54) is 11.0 Å². The average molecular weight is 750 g/mol. The van der Waals surface area contributed by atoms with Crippen LogP contribution in [0.5, 0.6) is 5.88 Å². The first kappa shape index (κ1) is 37.8. The van der Waals surface area contributed by atoms with Crippen molar-refractivity contribution in [2.45, 2.75) is 102 Å². The Morgan fingerprint density at radius 3 is 2.42 bits per heavy atom. The first-order valence-electron chi connectivity index (χ1n) is 17.7. The number of benzene rings is 1. The summed E-state index contributed by atoms with van der Waals surface area (Å²) in [4.78, 5) is 61.5. The summed E-state index contributed by atoms with van der Waals surface area (Å²) in [5.74, 6) is -2.34. The van der Waals surface area contributed by atoms with Gasteiger partial charge in [-0.3, -0.25) is 19.1 Å². The number of pyridine rings is 1. The van der Waals surface area contributed by atoms with Crippen LogP contribution >= 0.6 is 0 Å². The molecule has 4 amide bonds. The summed E-state index contributed by atoms with van der Waals surface area (Å²) in [6.07, 6.45) is 4.10. The van der Waals surface area contributed by atoms with E-state index in [0.29, 0.717) is 23.9 Å². The van der Waals surface area contributed by atoms with Crippen molar-refractivity contribution in [3.63, 3.8) is 0 Å². The highest BCUT2D eigenvalue weighted by molar-refractivity contribution is 7.91. The summed E-state index contributed by atoms with van der Waals surface area (Å²) < 4.78 is 44.9. The number of carbonyl (C=O) groups is 4. The molecule has 3 heterocycles. The van der Waals surface area contributed by atoms with E-state index < -0.39 is 79.7 Å². The quantitative estimate of drug-likeness (QED) is 0.237. The molecule has 1 saturated heterocycles. The van der Waals surface area contributed by atoms with Crippen LogP contribution in [-0.4, -0.2) is 83.2 Å². The third kappa shape index (κ3) is 8.19. The van der Waals surface area contributed by atoms with Crippen molar-refractivity contribution >= 4 is 44.6 Å². The van der Waals surface area contributed by atoms with Crippen LogP contribution in [-0.2, 0) is 29.1 Å². The second-order valence-corrected chi connectivity index (χ2v) is 18.1. The lowest BCUT2D eigenvalue weighted by Gasteiger charge is -2.36. The molecule has 3 aromatic rings. The fourth-order valence-corrected chi connectivity index (χ4v) is 7.97. The van der Waals surface area contributed by atoms with Gasteiger partial charge in [0.05, 0.1) is 30.0 Å². The normalized spacial score (nSPS) is 23.5. The van der Waals surface area contributed by atoms with Gasteiger partial charge in [0.25, 0.3) is 5.91 Å². The zero-order chi connectivity index (χ0) is 38.5. The summed E-state index contributed by atoms with van der Waals surface area (Å²) in [5.41, 5.74) is -1.90. The average Bonchev–Trinajstić information content (AvgIpc) is 3.94. The molecule has 5 unspecified atom stereocenters. The molecular weight excluding hydrogens is 703 g/mol. The van der Waals surface area contributed by atoms with Crippen molar-refractivity contribution in [2.75, 3.05) is 6.54 Å². The monoisotopic (exact) mass is 749 g/mol. The first-order chi connectivity index (χ1) is 24.8. The van der Waals surface area contributed by atoms with E-state index in [4.69, 9.17) is 18.9 Å². The molecule has 1 aliphatic heterocycles. The molecule has 284 valence electrons. The summed E-state index contributed by atoms with van der Waals surface area (Å²) in [6.45, 7) is 14.2. The van der Waals surface area contributed by atoms with Gasteiger partial charge in [-0.05, 0) is 69.0 Å². The third-order valence-corrected chi connectivity index (χ3v) is 11.5. The number of alkyl carbamates (subject to hydrolysis) is 1. The van der Waals surface area contributed by atoms with E-state index >= 15 is 0 Å². The Bertz CT molecular complexity index is 2030. The van der Waals surface area contributed by atoms with Gasteiger partial charge in [0, 0.05) is 23.3 Å².